The van der Waals surface area contributed by atoms with Crippen LogP contribution in [0.15, 0.2) is 34.9 Å². The van der Waals surface area contributed by atoms with Crippen LogP contribution in [0.4, 0.5) is 0 Å². The smallest absolute Gasteiger partial charge is 0.175 e. The number of hydrogen-bond donors (Lipinski definition) is 1. The van der Waals surface area contributed by atoms with Gasteiger partial charge in [-0.25, -0.2) is 0 Å². The molecule has 0 aliphatic carbocycles. The Morgan fingerprint density at radius 1 is 1.33 bits per heavy atom. The highest BCUT2D eigenvalue weighted by Gasteiger charge is 2.12. The fourth-order valence-corrected chi connectivity index (χ4v) is 2.63. The second kappa shape index (κ2) is 7.43. The van der Waals surface area contributed by atoms with Crippen molar-refractivity contribution in [3.05, 3.63) is 51.8 Å². The van der Waals surface area contributed by atoms with Crippen LogP contribution in [0.1, 0.15) is 16.8 Å². The van der Waals surface area contributed by atoms with E-state index in [1.54, 1.807) is 13.3 Å². The average Bonchev–Trinajstić information content (AvgIpc) is 2.47. The zero-order valence-corrected chi connectivity index (χ0v) is 14.0. The number of rotatable bonds is 6. The number of methoxy groups -OCH3 is 1. The maximum Gasteiger partial charge on any atom is 0.175 e. The lowest BCUT2D eigenvalue weighted by molar-refractivity contribution is 0.278. The molecule has 112 valence electrons. The summed E-state index contributed by atoms with van der Waals surface area (Å²) in [6.45, 7) is 3.20. The lowest BCUT2D eigenvalue weighted by Crippen LogP contribution is -2.06. The molecule has 1 aromatic carbocycles. The maximum absolute atomic E-state index is 5.90. The minimum Gasteiger partial charge on any atom is -0.493 e. The van der Waals surface area contributed by atoms with E-state index in [4.69, 9.17) is 9.47 Å². The van der Waals surface area contributed by atoms with E-state index >= 15 is 0 Å². The molecule has 0 amide bonds. The lowest BCUT2D eigenvalue weighted by atomic mass is 10.2. The number of nitrogens with one attached hydrogen (secondary N) is 1. The molecule has 5 heteroatoms. The standard InChI is InChI=1S/C16H19BrN2O2/c1-11-5-4-6-19-14(11)10-21-16-13(17)7-12(9-18-2)8-15(16)20-3/h4-8,18H,9-10H2,1-3H3. The molecule has 0 aliphatic heterocycles. The summed E-state index contributed by atoms with van der Waals surface area (Å²) < 4.78 is 12.2. The molecule has 0 bridgehead atoms. The molecule has 1 aromatic heterocycles. The van der Waals surface area contributed by atoms with Gasteiger partial charge in [0.2, 0.25) is 0 Å². The predicted octanol–water partition coefficient (Wildman–Crippen LogP) is 3.46. The third-order valence-corrected chi connectivity index (χ3v) is 3.73. The van der Waals surface area contributed by atoms with E-state index in [1.807, 2.05) is 38.2 Å². The molecule has 0 radical (unpaired) electrons. The van der Waals surface area contributed by atoms with Crippen molar-refractivity contribution in [1.29, 1.82) is 0 Å². The summed E-state index contributed by atoms with van der Waals surface area (Å²) in [5.74, 6) is 1.41. The Bertz CT molecular complexity index is 617. The van der Waals surface area contributed by atoms with Crippen LogP contribution in [0, 0.1) is 6.92 Å². The van der Waals surface area contributed by atoms with Crippen LogP contribution in [0.25, 0.3) is 0 Å². The lowest BCUT2D eigenvalue weighted by Gasteiger charge is -2.14. The second-order valence-electron chi connectivity index (χ2n) is 4.70. The first-order valence-corrected chi connectivity index (χ1v) is 7.49. The third-order valence-electron chi connectivity index (χ3n) is 3.14. The number of nitrogens with zero attached hydrogens (tertiary/aromatic N) is 1. The molecular weight excluding hydrogens is 332 g/mol. The van der Waals surface area contributed by atoms with Gasteiger partial charge in [-0.05, 0) is 59.2 Å². The zero-order chi connectivity index (χ0) is 15.2. The fraction of sp³-hybridized carbons (Fsp3) is 0.312. The number of hydrogen-bond acceptors (Lipinski definition) is 4. The van der Waals surface area contributed by atoms with Crippen molar-refractivity contribution >= 4 is 15.9 Å². The minimum absolute atomic E-state index is 0.410. The minimum atomic E-state index is 0.410. The number of pyridine rings is 1. The van der Waals surface area contributed by atoms with Crippen LogP contribution in [0.5, 0.6) is 11.5 Å². The molecule has 0 unspecified atom stereocenters. The highest BCUT2D eigenvalue weighted by atomic mass is 79.9. The molecule has 21 heavy (non-hydrogen) atoms. The van der Waals surface area contributed by atoms with Gasteiger partial charge < -0.3 is 14.8 Å². The van der Waals surface area contributed by atoms with Gasteiger partial charge in [0.1, 0.15) is 6.61 Å². The Labute approximate surface area is 133 Å². The molecule has 0 aliphatic rings. The molecule has 1 N–H and O–H groups in total. The first-order chi connectivity index (χ1) is 10.2. The molecule has 1 heterocycles. The second-order valence-corrected chi connectivity index (χ2v) is 5.55. The van der Waals surface area contributed by atoms with Crippen LogP contribution in [-0.2, 0) is 13.2 Å². The summed E-state index contributed by atoms with van der Waals surface area (Å²) >= 11 is 3.55. The van der Waals surface area contributed by atoms with Gasteiger partial charge in [0.05, 0.1) is 17.3 Å². The van der Waals surface area contributed by atoms with E-state index in [-0.39, 0.29) is 0 Å². The van der Waals surface area contributed by atoms with Crippen molar-refractivity contribution < 1.29 is 9.47 Å². The highest BCUT2D eigenvalue weighted by Crippen LogP contribution is 2.37. The van der Waals surface area contributed by atoms with E-state index < -0.39 is 0 Å². The summed E-state index contributed by atoms with van der Waals surface area (Å²) in [6.07, 6.45) is 1.77. The van der Waals surface area contributed by atoms with Gasteiger partial charge in [-0.15, -0.1) is 0 Å². The molecule has 0 atom stereocenters. The van der Waals surface area contributed by atoms with Gasteiger partial charge >= 0.3 is 0 Å². The quantitative estimate of drug-likeness (QED) is 0.866. The van der Waals surface area contributed by atoms with Crippen LogP contribution in [0.3, 0.4) is 0 Å². The third kappa shape index (κ3) is 3.95. The topological polar surface area (TPSA) is 43.4 Å². The normalized spacial score (nSPS) is 10.5. The summed E-state index contributed by atoms with van der Waals surface area (Å²) in [5, 5.41) is 3.12. The molecule has 0 saturated heterocycles. The predicted molar refractivity (Wildman–Crippen MR) is 86.8 cm³/mol. The van der Waals surface area contributed by atoms with Crippen molar-refractivity contribution in [3.8, 4) is 11.5 Å². The van der Waals surface area contributed by atoms with Crippen molar-refractivity contribution in [2.24, 2.45) is 0 Å². The van der Waals surface area contributed by atoms with Gasteiger partial charge in [-0.3, -0.25) is 4.98 Å². The van der Waals surface area contributed by atoms with Crippen LogP contribution in [0.2, 0.25) is 0 Å². The van der Waals surface area contributed by atoms with E-state index in [0.717, 1.165) is 27.8 Å². The summed E-state index contributed by atoms with van der Waals surface area (Å²) in [5.41, 5.74) is 3.16. The van der Waals surface area contributed by atoms with Gasteiger partial charge in [0.15, 0.2) is 11.5 Å². The van der Waals surface area contributed by atoms with Crippen LogP contribution < -0.4 is 14.8 Å². The zero-order valence-electron chi connectivity index (χ0n) is 12.4. The Morgan fingerprint density at radius 2 is 2.14 bits per heavy atom. The molecule has 0 fully saturated rings. The SMILES string of the molecule is CNCc1cc(Br)c(OCc2ncccc2C)c(OC)c1. The largest absolute Gasteiger partial charge is 0.493 e. The van der Waals surface area contributed by atoms with Crippen molar-refractivity contribution in [1.82, 2.24) is 10.3 Å². The molecule has 4 nitrogen and oxygen atoms in total. The molecular formula is C16H19BrN2O2. The van der Waals surface area contributed by atoms with Crippen LogP contribution in [-0.4, -0.2) is 19.1 Å². The monoisotopic (exact) mass is 350 g/mol. The Hall–Kier alpha value is -1.59. The van der Waals surface area contributed by atoms with E-state index in [0.29, 0.717) is 18.1 Å². The van der Waals surface area contributed by atoms with Gasteiger partial charge in [-0.2, -0.15) is 0 Å². The average molecular weight is 351 g/mol. The van der Waals surface area contributed by atoms with E-state index in [9.17, 15) is 0 Å². The first kappa shape index (κ1) is 15.8. The summed E-state index contributed by atoms with van der Waals surface area (Å²) in [7, 11) is 3.55. The number of aryl methyl sites for hydroxylation is 1. The van der Waals surface area contributed by atoms with Gasteiger partial charge in [0, 0.05) is 12.7 Å². The van der Waals surface area contributed by atoms with E-state index in [1.165, 1.54) is 0 Å². The highest BCUT2D eigenvalue weighted by molar-refractivity contribution is 9.10. The van der Waals surface area contributed by atoms with Gasteiger partial charge in [0.25, 0.3) is 0 Å². The number of halogens is 1. The van der Waals surface area contributed by atoms with Crippen molar-refractivity contribution in [2.45, 2.75) is 20.1 Å². The molecule has 2 aromatic rings. The summed E-state index contributed by atoms with van der Waals surface area (Å²) in [4.78, 5) is 4.33. The molecule has 2 rings (SSSR count). The van der Waals surface area contributed by atoms with E-state index in [2.05, 4.69) is 26.2 Å². The van der Waals surface area contributed by atoms with Crippen molar-refractivity contribution in [3.63, 3.8) is 0 Å². The maximum atomic E-state index is 5.90. The Balaban J connectivity index is 2.21. The molecule has 0 saturated carbocycles. The number of aromatic nitrogens is 1. The van der Waals surface area contributed by atoms with Crippen molar-refractivity contribution in [2.75, 3.05) is 14.2 Å². The number of ether oxygens (including phenoxy) is 2. The summed E-state index contributed by atoms with van der Waals surface area (Å²) in [6, 6.07) is 7.94. The Kier molecular flexibility index (Phi) is 5.59. The fourth-order valence-electron chi connectivity index (χ4n) is 2.03. The van der Waals surface area contributed by atoms with Gasteiger partial charge in [-0.1, -0.05) is 6.07 Å². The molecule has 0 spiro atoms. The van der Waals surface area contributed by atoms with Crippen LogP contribution >= 0.6 is 15.9 Å². The Morgan fingerprint density at radius 3 is 2.81 bits per heavy atom. The number of benzene rings is 1. The first-order valence-electron chi connectivity index (χ1n) is 6.70.